The minimum atomic E-state index is -3.65. The maximum atomic E-state index is 12.6. The highest BCUT2D eigenvalue weighted by Crippen LogP contribution is 2.25. The maximum Gasteiger partial charge on any atom is 0.241 e. The van der Waals surface area contributed by atoms with E-state index in [4.69, 9.17) is 5.73 Å². The Bertz CT molecular complexity index is 590. The molecule has 0 saturated heterocycles. The van der Waals surface area contributed by atoms with Gasteiger partial charge < -0.3 is 10.8 Å². The number of rotatable bonds is 3. The van der Waals surface area contributed by atoms with E-state index in [-0.39, 0.29) is 4.90 Å². The summed E-state index contributed by atoms with van der Waals surface area (Å²) < 4.78 is 28.0. The van der Waals surface area contributed by atoms with Gasteiger partial charge in [0, 0.05) is 11.7 Å². The Labute approximate surface area is 126 Å². The molecule has 4 N–H and O–H groups in total. The molecule has 0 spiro atoms. The zero-order valence-electron chi connectivity index (χ0n) is 12.6. The fraction of sp³-hybridized carbons (Fsp3) is 0.600. The molecule has 1 aromatic rings. The van der Waals surface area contributed by atoms with Gasteiger partial charge in [0.25, 0.3) is 0 Å². The van der Waals surface area contributed by atoms with Crippen molar-refractivity contribution in [1.82, 2.24) is 4.72 Å². The van der Waals surface area contributed by atoms with Crippen LogP contribution in [-0.2, 0) is 10.0 Å². The molecule has 2 unspecified atom stereocenters. The second-order valence-electron chi connectivity index (χ2n) is 5.92. The SMILES string of the molecule is Cc1cc(N)cc(C)c1S(=O)(=O)NC1CCCCCC1O. The second kappa shape index (κ2) is 6.34. The topological polar surface area (TPSA) is 92.4 Å². The van der Waals surface area contributed by atoms with E-state index in [1.54, 1.807) is 26.0 Å². The third-order valence-corrected chi connectivity index (χ3v) is 5.83. The molecule has 0 radical (unpaired) electrons. The van der Waals surface area contributed by atoms with E-state index < -0.39 is 22.2 Å². The van der Waals surface area contributed by atoms with Gasteiger partial charge in [-0.05, 0) is 49.9 Å². The summed E-state index contributed by atoms with van der Waals surface area (Å²) in [6.07, 6.45) is 3.62. The summed E-state index contributed by atoms with van der Waals surface area (Å²) in [7, 11) is -3.65. The minimum Gasteiger partial charge on any atom is -0.399 e. The van der Waals surface area contributed by atoms with Crippen LogP contribution in [0.1, 0.15) is 43.2 Å². The van der Waals surface area contributed by atoms with E-state index in [2.05, 4.69) is 4.72 Å². The van der Waals surface area contributed by atoms with E-state index in [1.165, 1.54) is 0 Å². The first-order valence-corrected chi connectivity index (χ1v) is 8.86. The number of hydrogen-bond donors (Lipinski definition) is 3. The summed E-state index contributed by atoms with van der Waals surface area (Å²) >= 11 is 0. The Kier molecular flexibility index (Phi) is 4.91. The lowest BCUT2D eigenvalue weighted by molar-refractivity contribution is 0.130. The average Bonchev–Trinajstić information content (AvgIpc) is 2.52. The first-order chi connectivity index (χ1) is 9.81. The smallest absolute Gasteiger partial charge is 0.241 e. The van der Waals surface area contributed by atoms with Gasteiger partial charge >= 0.3 is 0 Å². The third kappa shape index (κ3) is 3.75. The lowest BCUT2D eigenvalue weighted by Gasteiger charge is -2.23. The molecule has 5 nitrogen and oxygen atoms in total. The number of hydrogen-bond acceptors (Lipinski definition) is 4. The van der Waals surface area contributed by atoms with Crippen LogP contribution in [0.3, 0.4) is 0 Å². The van der Waals surface area contributed by atoms with Crippen LogP contribution in [0.25, 0.3) is 0 Å². The normalized spacial score (nSPS) is 23.8. The van der Waals surface area contributed by atoms with E-state index in [9.17, 15) is 13.5 Å². The van der Waals surface area contributed by atoms with E-state index >= 15 is 0 Å². The highest BCUT2D eigenvalue weighted by atomic mass is 32.2. The highest BCUT2D eigenvalue weighted by Gasteiger charge is 2.28. The van der Waals surface area contributed by atoms with E-state index in [0.29, 0.717) is 29.7 Å². The van der Waals surface area contributed by atoms with Crippen molar-refractivity contribution in [2.75, 3.05) is 5.73 Å². The molecular weight excluding hydrogens is 288 g/mol. The Morgan fingerprint density at radius 3 is 2.33 bits per heavy atom. The Morgan fingerprint density at radius 2 is 1.71 bits per heavy atom. The summed E-state index contributed by atoms with van der Waals surface area (Å²) in [4.78, 5) is 0.271. The molecule has 0 amide bonds. The number of nitrogens with one attached hydrogen (secondary N) is 1. The molecule has 1 aliphatic carbocycles. The molecular formula is C15H24N2O3S. The number of anilines is 1. The number of aliphatic hydroxyl groups excluding tert-OH is 1. The van der Waals surface area contributed by atoms with Crippen molar-refractivity contribution in [3.8, 4) is 0 Å². The summed E-state index contributed by atoms with van der Waals surface area (Å²) in [5, 5.41) is 10.1. The van der Waals surface area contributed by atoms with Gasteiger partial charge in [0.05, 0.1) is 11.0 Å². The average molecular weight is 312 g/mol. The zero-order chi connectivity index (χ0) is 15.6. The second-order valence-corrected chi connectivity index (χ2v) is 7.57. The fourth-order valence-electron chi connectivity index (χ4n) is 3.09. The van der Waals surface area contributed by atoms with Gasteiger partial charge in [-0.2, -0.15) is 0 Å². The molecule has 1 aliphatic rings. The van der Waals surface area contributed by atoms with Crippen LogP contribution in [0.5, 0.6) is 0 Å². The highest BCUT2D eigenvalue weighted by molar-refractivity contribution is 7.89. The lowest BCUT2D eigenvalue weighted by atomic mass is 10.1. The summed E-state index contributed by atoms with van der Waals surface area (Å²) in [6, 6.07) is 2.91. The van der Waals surface area contributed by atoms with Crippen LogP contribution in [0.2, 0.25) is 0 Å². The largest absolute Gasteiger partial charge is 0.399 e. The van der Waals surface area contributed by atoms with Gasteiger partial charge in [-0.15, -0.1) is 0 Å². The quantitative estimate of drug-likeness (QED) is 0.587. The van der Waals surface area contributed by atoms with E-state index in [1.807, 2.05) is 0 Å². The number of nitrogen functional groups attached to an aromatic ring is 1. The van der Waals surface area contributed by atoms with Crippen LogP contribution in [0.15, 0.2) is 17.0 Å². The van der Waals surface area contributed by atoms with Crippen molar-refractivity contribution < 1.29 is 13.5 Å². The van der Waals surface area contributed by atoms with Crippen LogP contribution < -0.4 is 10.5 Å². The fourth-order valence-corrected chi connectivity index (χ4v) is 4.85. The maximum absolute atomic E-state index is 12.6. The number of nitrogens with two attached hydrogens (primary N) is 1. The molecule has 0 bridgehead atoms. The predicted molar refractivity (Wildman–Crippen MR) is 83.5 cm³/mol. The Morgan fingerprint density at radius 1 is 1.14 bits per heavy atom. The monoisotopic (exact) mass is 312 g/mol. The van der Waals surface area contributed by atoms with Crippen molar-refractivity contribution in [1.29, 1.82) is 0 Å². The van der Waals surface area contributed by atoms with Gasteiger partial charge in [0.15, 0.2) is 0 Å². The Balaban J connectivity index is 2.30. The van der Waals surface area contributed by atoms with Crippen LogP contribution in [0.4, 0.5) is 5.69 Å². The van der Waals surface area contributed by atoms with Crippen molar-refractivity contribution in [2.45, 2.75) is 63.0 Å². The molecule has 118 valence electrons. The summed E-state index contributed by atoms with van der Waals surface area (Å²) in [5.41, 5.74) is 7.55. The molecule has 1 aromatic carbocycles. The minimum absolute atomic E-state index is 0.271. The number of aryl methyl sites for hydroxylation is 2. The van der Waals surface area contributed by atoms with Crippen LogP contribution in [0, 0.1) is 13.8 Å². The van der Waals surface area contributed by atoms with Crippen molar-refractivity contribution in [2.24, 2.45) is 0 Å². The molecule has 0 heterocycles. The predicted octanol–water partition coefficient (Wildman–Crippen LogP) is 1.86. The van der Waals surface area contributed by atoms with Crippen molar-refractivity contribution in [3.63, 3.8) is 0 Å². The van der Waals surface area contributed by atoms with Crippen molar-refractivity contribution in [3.05, 3.63) is 23.3 Å². The molecule has 1 fully saturated rings. The zero-order valence-corrected chi connectivity index (χ0v) is 13.4. The first kappa shape index (κ1) is 16.3. The van der Waals surface area contributed by atoms with Crippen molar-refractivity contribution >= 4 is 15.7 Å². The molecule has 6 heteroatoms. The van der Waals surface area contributed by atoms with E-state index in [0.717, 1.165) is 19.3 Å². The molecule has 2 atom stereocenters. The number of aliphatic hydroxyl groups is 1. The molecule has 0 aromatic heterocycles. The summed E-state index contributed by atoms with van der Waals surface area (Å²) in [5.74, 6) is 0. The molecule has 1 saturated carbocycles. The third-order valence-electron chi connectivity index (χ3n) is 4.04. The standard InChI is InChI=1S/C15H24N2O3S/c1-10-8-12(16)9-11(2)15(10)21(19,20)17-13-6-4-3-5-7-14(13)18/h8-9,13-14,17-18H,3-7,16H2,1-2H3. The Hall–Kier alpha value is -1.11. The summed E-state index contributed by atoms with van der Waals surface area (Å²) in [6.45, 7) is 3.48. The number of sulfonamides is 1. The first-order valence-electron chi connectivity index (χ1n) is 7.38. The van der Waals surface area contributed by atoms with Gasteiger partial charge in [0.2, 0.25) is 10.0 Å². The van der Waals surface area contributed by atoms with Crippen LogP contribution in [-0.4, -0.2) is 25.7 Å². The van der Waals surface area contributed by atoms with Gasteiger partial charge in [0.1, 0.15) is 0 Å². The molecule has 21 heavy (non-hydrogen) atoms. The molecule has 2 rings (SSSR count). The number of benzene rings is 1. The van der Waals surface area contributed by atoms with Gasteiger partial charge in [-0.25, -0.2) is 13.1 Å². The molecule has 0 aliphatic heterocycles. The van der Waals surface area contributed by atoms with Gasteiger partial charge in [-0.3, -0.25) is 0 Å². The lowest BCUT2D eigenvalue weighted by Crippen LogP contribution is -2.43. The van der Waals surface area contributed by atoms with Crippen LogP contribution >= 0.6 is 0 Å². The van der Waals surface area contributed by atoms with Gasteiger partial charge in [-0.1, -0.05) is 19.3 Å².